The van der Waals surface area contributed by atoms with E-state index in [0.29, 0.717) is 0 Å². The fourth-order valence-corrected chi connectivity index (χ4v) is 0.884. The molecule has 0 amide bonds. The van der Waals surface area contributed by atoms with E-state index in [2.05, 4.69) is 0 Å². The van der Waals surface area contributed by atoms with Crippen molar-refractivity contribution < 1.29 is 9.90 Å². The molecule has 9 heavy (non-hydrogen) atoms. The third kappa shape index (κ3) is 1.21. The van der Waals surface area contributed by atoms with Crippen LogP contribution in [0.2, 0.25) is 0 Å². The highest BCUT2D eigenvalue weighted by Crippen LogP contribution is 2.10. The number of carboxylic acid groups (broad SMARTS) is 1. The molecule has 0 unspecified atom stereocenters. The average Bonchev–Trinajstić information content (AvgIpc) is 1.60. The van der Waals surface area contributed by atoms with Crippen LogP contribution in [0.4, 0.5) is 0 Å². The van der Waals surface area contributed by atoms with E-state index in [4.69, 9.17) is 5.11 Å². The van der Waals surface area contributed by atoms with Crippen molar-refractivity contribution in [2.24, 2.45) is 0 Å². The summed E-state index contributed by atoms with van der Waals surface area (Å²) < 4.78 is 0. The minimum absolute atomic E-state index is 0.279. The molecule has 0 aromatic rings. The molecule has 1 aliphatic rings. The van der Waals surface area contributed by atoms with E-state index in [-0.39, 0.29) is 6.04 Å². The molecular weight excluding hydrogens is 118 g/mol. The lowest BCUT2D eigenvalue weighted by Gasteiger charge is -2.33. The lowest BCUT2D eigenvalue weighted by atomic mass is 10.1. The predicted octanol–water partition coefficient (Wildman–Crippen LogP) is 0.165. The fraction of sp³-hybridized carbons (Fsp3) is 0.833. The summed E-state index contributed by atoms with van der Waals surface area (Å²) in [5.74, 6) is -0.713. The van der Waals surface area contributed by atoms with Crippen LogP contribution in [0, 0.1) is 0 Å². The number of carboxylic acids is 1. The van der Waals surface area contributed by atoms with Gasteiger partial charge in [-0.25, -0.2) is 0 Å². The van der Waals surface area contributed by atoms with Crippen molar-refractivity contribution >= 4 is 5.97 Å². The van der Waals surface area contributed by atoms with Gasteiger partial charge in [0.1, 0.15) is 6.04 Å². The zero-order chi connectivity index (χ0) is 6.85. The van der Waals surface area contributed by atoms with E-state index in [1.54, 1.807) is 6.92 Å². The van der Waals surface area contributed by atoms with Crippen molar-refractivity contribution in [1.29, 1.82) is 0 Å². The van der Waals surface area contributed by atoms with Crippen LogP contribution in [0.3, 0.4) is 0 Å². The molecule has 1 rings (SSSR count). The standard InChI is InChI=1S/C6H11NO2/c1-5(6(8)9)7-3-2-4-7/h5H,2-4H2,1H3,(H,8,9)/t5-/m1/s1. The molecule has 0 saturated carbocycles. The van der Waals surface area contributed by atoms with Crippen molar-refractivity contribution in [2.45, 2.75) is 19.4 Å². The third-order valence-corrected chi connectivity index (χ3v) is 1.80. The first-order valence-corrected chi connectivity index (χ1v) is 3.18. The Kier molecular flexibility index (Phi) is 1.71. The number of carbonyl (C=O) groups is 1. The van der Waals surface area contributed by atoms with Gasteiger partial charge in [0, 0.05) is 13.1 Å². The van der Waals surface area contributed by atoms with Crippen molar-refractivity contribution in [3.63, 3.8) is 0 Å². The van der Waals surface area contributed by atoms with E-state index < -0.39 is 5.97 Å². The topological polar surface area (TPSA) is 40.5 Å². The first kappa shape index (κ1) is 6.55. The molecule has 1 fully saturated rings. The van der Waals surface area contributed by atoms with Crippen molar-refractivity contribution in [3.05, 3.63) is 0 Å². The Morgan fingerprint density at radius 2 is 2.22 bits per heavy atom. The van der Waals surface area contributed by atoms with Crippen molar-refractivity contribution in [2.75, 3.05) is 13.1 Å². The number of nitrogens with zero attached hydrogens (tertiary/aromatic N) is 1. The Hall–Kier alpha value is -0.570. The minimum atomic E-state index is -0.713. The van der Waals surface area contributed by atoms with Gasteiger partial charge in [0.15, 0.2) is 0 Å². The molecule has 0 bridgehead atoms. The van der Waals surface area contributed by atoms with Gasteiger partial charge < -0.3 is 5.11 Å². The Morgan fingerprint density at radius 1 is 1.67 bits per heavy atom. The first-order chi connectivity index (χ1) is 4.22. The van der Waals surface area contributed by atoms with Crippen LogP contribution in [0.25, 0.3) is 0 Å². The molecular formula is C6H11NO2. The minimum Gasteiger partial charge on any atom is -0.480 e. The summed E-state index contributed by atoms with van der Waals surface area (Å²) in [7, 11) is 0. The smallest absolute Gasteiger partial charge is 0.320 e. The van der Waals surface area contributed by atoms with Gasteiger partial charge in [-0.15, -0.1) is 0 Å². The van der Waals surface area contributed by atoms with Gasteiger partial charge in [-0.1, -0.05) is 0 Å². The lowest BCUT2D eigenvalue weighted by Crippen LogP contribution is -2.47. The van der Waals surface area contributed by atoms with Gasteiger partial charge in [-0.05, 0) is 13.3 Å². The number of hydrogen-bond acceptors (Lipinski definition) is 2. The molecule has 0 radical (unpaired) electrons. The van der Waals surface area contributed by atoms with Crippen LogP contribution in [0.5, 0.6) is 0 Å². The maximum Gasteiger partial charge on any atom is 0.320 e. The van der Waals surface area contributed by atoms with Gasteiger partial charge in [-0.3, -0.25) is 9.69 Å². The summed E-state index contributed by atoms with van der Waals surface area (Å²) in [5.41, 5.74) is 0. The normalized spacial score (nSPS) is 22.8. The zero-order valence-corrected chi connectivity index (χ0v) is 5.50. The Labute approximate surface area is 54.3 Å². The summed E-state index contributed by atoms with van der Waals surface area (Å²) >= 11 is 0. The van der Waals surface area contributed by atoms with E-state index >= 15 is 0 Å². The van der Waals surface area contributed by atoms with Crippen LogP contribution in [0.1, 0.15) is 13.3 Å². The van der Waals surface area contributed by atoms with Crippen LogP contribution in [-0.4, -0.2) is 35.1 Å². The average molecular weight is 129 g/mol. The number of likely N-dealkylation sites (tertiary alicyclic amines) is 1. The van der Waals surface area contributed by atoms with Gasteiger partial charge in [0.2, 0.25) is 0 Å². The largest absolute Gasteiger partial charge is 0.480 e. The van der Waals surface area contributed by atoms with Crippen molar-refractivity contribution in [1.82, 2.24) is 4.90 Å². The molecule has 52 valence electrons. The highest BCUT2D eigenvalue weighted by molar-refractivity contribution is 5.72. The molecule has 0 aromatic heterocycles. The number of hydrogen-bond donors (Lipinski definition) is 1. The van der Waals surface area contributed by atoms with Crippen LogP contribution >= 0.6 is 0 Å². The summed E-state index contributed by atoms with van der Waals surface area (Å²) in [6, 6.07) is -0.279. The second-order valence-corrected chi connectivity index (χ2v) is 2.40. The van der Waals surface area contributed by atoms with Crippen LogP contribution in [0.15, 0.2) is 0 Å². The molecule has 1 heterocycles. The van der Waals surface area contributed by atoms with E-state index in [1.165, 1.54) is 0 Å². The molecule has 3 nitrogen and oxygen atoms in total. The summed E-state index contributed by atoms with van der Waals surface area (Å²) in [6.45, 7) is 3.63. The van der Waals surface area contributed by atoms with Gasteiger partial charge in [0.05, 0.1) is 0 Å². The maximum atomic E-state index is 10.3. The van der Waals surface area contributed by atoms with Crippen LogP contribution in [-0.2, 0) is 4.79 Å². The molecule has 1 saturated heterocycles. The Morgan fingerprint density at radius 3 is 2.33 bits per heavy atom. The quantitative estimate of drug-likeness (QED) is 0.577. The highest BCUT2D eigenvalue weighted by Gasteiger charge is 2.24. The van der Waals surface area contributed by atoms with Gasteiger partial charge >= 0.3 is 5.97 Å². The Bertz CT molecular complexity index is 120. The molecule has 0 spiro atoms. The maximum absolute atomic E-state index is 10.3. The fourth-order valence-electron chi connectivity index (χ4n) is 0.884. The van der Waals surface area contributed by atoms with E-state index in [9.17, 15) is 4.79 Å². The third-order valence-electron chi connectivity index (χ3n) is 1.80. The lowest BCUT2D eigenvalue weighted by molar-refractivity contribution is -0.144. The summed E-state index contributed by atoms with van der Waals surface area (Å²) in [6.07, 6.45) is 1.15. The van der Waals surface area contributed by atoms with Crippen LogP contribution < -0.4 is 0 Å². The first-order valence-electron chi connectivity index (χ1n) is 3.18. The molecule has 0 aliphatic carbocycles. The second-order valence-electron chi connectivity index (χ2n) is 2.40. The predicted molar refractivity (Wildman–Crippen MR) is 33.3 cm³/mol. The summed E-state index contributed by atoms with van der Waals surface area (Å²) in [5, 5.41) is 8.48. The molecule has 1 atom stereocenters. The molecule has 3 heteroatoms. The van der Waals surface area contributed by atoms with Crippen molar-refractivity contribution in [3.8, 4) is 0 Å². The number of rotatable bonds is 2. The number of aliphatic carboxylic acids is 1. The van der Waals surface area contributed by atoms with E-state index in [0.717, 1.165) is 19.5 Å². The van der Waals surface area contributed by atoms with E-state index in [1.807, 2.05) is 4.90 Å². The molecule has 0 aromatic carbocycles. The molecule has 1 N–H and O–H groups in total. The van der Waals surface area contributed by atoms with Gasteiger partial charge in [0.25, 0.3) is 0 Å². The summed E-state index contributed by atoms with van der Waals surface area (Å²) in [4.78, 5) is 12.2. The Balaban J connectivity index is 2.32. The zero-order valence-electron chi connectivity index (χ0n) is 5.50. The second kappa shape index (κ2) is 2.35. The highest BCUT2D eigenvalue weighted by atomic mass is 16.4. The molecule has 1 aliphatic heterocycles. The SMILES string of the molecule is C[C@H](C(=O)O)N1CCC1. The monoisotopic (exact) mass is 129 g/mol. The van der Waals surface area contributed by atoms with Gasteiger partial charge in [-0.2, -0.15) is 0 Å².